The van der Waals surface area contributed by atoms with Gasteiger partial charge in [-0.05, 0) is 17.7 Å². The van der Waals surface area contributed by atoms with Gasteiger partial charge in [0.15, 0.2) is 0 Å². The largest absolute Gasteiger partial charge is 0.375 e. The van der Waals surface area contributed by atoms with Crippen LogP contribution in [-0.2, 0) is 20.9 Å². The van der Waals surface area contributed by atoms with Crippen LogP contribution in [0.1, 0.15) is 5.56 Å². The zero-order valence-electron chi connectivity index (χ0n) is 12.5. The van der Waals surface area contributed by atoms with Crippen LogP contribution in [0.15, 0.2) is 24.3 Å². The fourth-order valence-corrected chi connectivity index (χ4v) is 3.36. The normalized spacial score (nSPS) is 24.0. The van der Waals surface area contributed by atoms with E-state index in [0.717, 1.165) is 5.56 Å². The molecule has 2 saturated heterocycles. The lowest BCUT2D eigenvalue weighted by Gasteiger charge is -2.21. The number of rotatable bonds is 4. The van der Waals surface area contributed by atoms with Crippen LogP contribution in [-0.4, -0.2) is 55.0 Å². The molecule has 3 rings (SSSR count). The van der Waals surface area contributed by atoms with E-state index in [2.05, 4.69) is 0 Å². The average molecular weight is 306 g/mol. The molecular weight excluding hydrogens is 287 g/mol. The number of nitrogens with zero attached hydrogens (tertiary/aromatic N) is 2. The molecule has 0 spiro atoms. The number of halogens is 1. The molecule has 22 heavy (non-hydrogen) atoms. The summed E-state index contributed by atoms with van der Waals surface area (Å²) in [5.74, 6) is -0.264. The molecule has 0 aromatic heterocycles. The highest BCUT2D eigenvalue weighted by atomic mass is 19.1. The van der Waals surface area contributed by atoms with Crippen molar-refractivity contribution >= 4 is 11.8 Å². The Morgan fingerprint density at radius 3 is 2.86 bits per heavy atom. The Bertz CT molecular complexity index is 593. The van der Waals surface area contributed by atoms with E-state index in [-0.39, 0.29) is 36.1 Å². The molecule has 2 atom stereocenters. The molecular formula is C16H19FN2O3. The predicted molar refractivity (Wildman–Crippen MR) is 77.3 cm³/mol. The van der Waals surface area contributed by atoms with Gasteiger partial charge in [-0.25, -0.2) is 4.39 Å². The Kier molecular flexibility index (Phi) is 4.11. The van der Waals surface area contributed by atoms with Gasteiger partial charge in [-0.2, -0.15) is 0 Å². The summed E-state index contributed by atoms with van der Waals surface area (Å²) in [5, 5.41) is 0. The molecule has 2 aliphatic rings. The van der Waals surface area contributed by atoms with Gasteiger partial charge in [-0.3, -0.25) is 9.59 Å². The zero-order valence-corrected chi connectivity index (χ0v) is 12.5. The van der Waals surface area contributed by atoms with Gasteiger partial charge in [0.2, 0.25) is 11.8 Å². The maximum Gasteiger partial charge on any atom is 0.248 e. The van der Waals surface area contributed by atoms with Crippen molar-refractivity contribution in [1.82, 2.24) is 9.80 Å². The molecule has 5 nitrogen and oxygen atoms in total. The molecule has 2 amide bonds. The van der Waals surface area contributed by atoms with Gasteiger partial charge in [0.05, 0.1) is 5.92 Å². The molecule has 1 aromatic carbocycles. The molecule has 1 aromatic rings. The minimum Gasteiger partial charge on any atom is -0.375 e. The molecule has 0 unspecified atom stereocenters. The molecule has 2 fully saturated rings. The van der Waals surface area contributed by atoms with E-state index in [0.29, 0.717) is 26.2 Å². The van der Waals surface area contributed by atoms with E-state index in [1.807, 2.05) is 6.07 Å². The second-order valence-corrected chi connectivity index (χ2v) is 5.95. The second kappa shape index (κ2) is 6.04. The average Bonchev–Trinajstić information content (AvgIpc) is 3.00. The number of methoxy groups -OCH3 is 1. The van der Waals surface area contributed by atoms with Crippen molar-refractivity contribution in [2.24, 2.45) is 11.8 Å². The third-order valence-electron chi connectivity index (χ3n) is 4.41. The molecule has 0 N–H and O–H groups in total. The van der Waals surface area contributed by atoms with Crippen LogP contribution in [0.25, 0.3) is 0 Å². The lowest BCUT2D eigenvalue weighted by Crippen LogP contribution is -2.36. The summed E-state index contributed by atoms with van der Waals surface area (Å²) in [4.78, 5) is 27.8. The van der Waals surface area contributed by atoms with E-state index < -0.39 is 0 Å². The Hall–Kier alpha value is -1.95. The number of likely N-dealkylation sites (tertiary alicyclic amines) is 2. The van der Waals surface area contributed by atoms with Crippen molar-refractivity contribution in [2.45, 2.75) is 6.54 Å². The van der Waals surface area contributed by atoms with Crippen molar-refractivity contribution in [2.75, 3.05) is 33.4 Å². The standard InChI is InChI=1S/C16H19FN2O3/c1-22-10-15(20)18-7-12-8-19(16(21)14(12)9-18)6-11-3-2-4-13(17)5-11/h2-5,12,14H,6-10H2,1H3/t12-,14-/m1/s1. The zero-order chi connectivity index (χ0) is 15.7. The lowest BCUT2D eigenvalue weighted by molar-refractivity contribution is -0.136. The van der Waals surface area contributed by atoms with Gasteiger partial charge in [0, 0.05) is 39.2 Å². The summed E-state index contributed by atoms with van der Waals surface area (Å²) in [5.41, 5.74) is 0.792. The highest BCUT2D eigenvalue weighted by Gasteiger charge is 2.47. The van der Waals surface area contributed by atoms with Gasteiger partial charge in [0.25, 0.3) is 0 Å². The summed E-state index contributed by atoms with van der Waals surface area (Å²) >= 11 is 0. The second-order valence-electron chi connectivity index (χ2n) is 5.95. The van der Waals surface area contributed by atoms with Crippen LogP contribution in [0.5, 0.6) is 0 Å². The maximum absolute atomic E-state index is 13.2. The summed E-state index contributed by atoms with van der Waals surface area (Å²) in [6, 6.07) is 6.31. The van der Waals surface area contributed by atoms with Crippen molar-refractivity contribution in [3.8, 4) is 0 Å². The molecule has 2 heterocycles. The number of ether oxygens (including phenoxy) is 1. The van der Waals surface area contributed by atoms with E-state index >= 15 is 0 Å². The highest BCUT2D eigenvalue weighted by molar-refractivity contribution is 5.84. The lowest BCUT2D eigenvalue weighted by atomic mass is 10.0. The number of benzene rings is 1. The number of amides is 2. The number of hydrogen-bond donors (Lipinski definition) is 0. The van der Waals surface area contributed by atoms with Crippen molar-refractivity contribution in [3.63, 3.8) is 0 Å². The molecule has 0 radical (unpaired) electrons. The topological polar surface area (TPSA) is 49.9 Å². The molecule has 2 aliphatic heterocycles. The first-order valence-corrected chi connectivity index (χ1v) is 7.38. The summed E-state index contributed by atoms with van der Waals surface area (Å²) < 4.78 is 18.1. The van der Waals surface area contributed by atoms with Gasteiger partial charge < -0.3 is 14.5 Å². The monoisotopic (exact) mass is 306 g/mol. The summed E-state index contributed by atoms with van der Waals surface area (Å²) in [6.45, 7) is 2.16. The SMILES string of the molecule is COCC(=O)N1C[C@@H]2CN(Cc3cccc(F)c3)C(=O)[C@@H]2C1. The van der Waals surface area contributed by atoms with E-state index in [9.17, 15) is 14.0 Å². The van der Waals surface area contributed by atoms with E-state index in [4.69, 9.17) is 4.74 Å². The third kappa shape index (κ3) is 2.83. The summed E-state index contributed by atoms with van der Waals surface area (Å²) in [7, 11) is 1.49. The first-order chi connectivity index (χ1) is 10.6. The van der Waals surface area contributed by atoms with E-state index in [1.54, 1.807) is 15.9 Å². The Morgan fingerprint density at radius 1 is 1.36 bits per heavy atom. The van der Waals surface area contributed by atoms with Crippen LogP contribution >= 0.6 is 0 Å². The van der Waals surface area contributed by atoms with Gasteiger partial charge in [-0.15, -0.1) is 0 Å². The molecule has 6 heteroatoms. The van der Waals surface area contributed by atoms with Gasteiger partial charge in [-0.1, -0.05) is 12.1 Å². The van der Waals surface area contributed by atoms with Crippen LogP contribution in [0.2, 0.25) is 0 Å². The predicted octanol–water partition coefficient (Wildman–Crippen LogP) is 0.889. The van der Waals surface area contributed by atoms with Gasteiger partial charge in [0.1, 0.15) is 12.4 Å². The van der Waals surface area contributed by atoms with Crippen molar-refractivity contribution < 1.29 is 18.7 Å². The fourth-order valence-electron chi connectivity index (χ4n) is 3.36. The van der Waals surface area contributed by atoms with Crippen LogP contribution in [0, 0.1) is 17.7 Å². The minimum atomic E-state index is -0.291. The van der Waals surface area contributed by atoms with Crippen LogP contribution in [0.4, 0.5) is 4.39 Å². The van der Waals surface area contributed by atoms with Crippen molar-refractivity contribution in [3.05, 3.63) is 35.6 Å². The molecule has 0 aliphatic carbocycles. The fraction of sp³-hybridized carbons (Fsp3) is 0.500. The first kappa shape index (κ1) is 15.0. The number of carbonyl (C=O) groups is 2. The minimum absolute atomic E-state index is 0.0562. The number of fused-ring (bicyclic) bond motifs is 1. The Morgan fingerprint density at radius 2 is 2.18 bits per heavy atom. The molecule has 0 bridgehead atoms. The Labute approximate surface area is 128 Å². The smallest absolute Gasteiger partial charge is 0.248 e. The van der Waals surface area contributed by atoms with Crippen LogP contribution < -0.4 is 0 Å². The van der Waals surface area contributed by atoms with E-state index in [1.165, 1.54) is 19.2 Å². The number of hydrogen-bond acceptors (Lipinski definition) is 3. The van der Waals surface area contributed by atoms with Gasteiger partial charge >= 0.3 is 0 Å². The molecule has 118 valence electrons. The van der Waals surface area contributed by atoms with Crippen LogP contribution in [0.3, 0.4) is 0 Å². The Balaban J connectivity index is 1.62. The quantitative estimate of drug-likeness (QED) is 0.830. The molecule has 0 saturated carbocycles. The highest BCUT2D eigenvalue weighted by Crippen LogP contribution is 2.33. The third-order valence-corrected chi connectivity index (χ3v) is 4.41. The van der Waals surface area contributed by atoms with Crippen molar-refractivity contribution in [1.29, 1.82) is 0 Å². The number of carbonyl (C=O) groups excluding carboxylic acids is 2. The summed E-state index contributed by atoms with van der Waals surface area (Å²) in [6.07, 6.45) is 0. The first-order valence-electron chi connectivity index (χ1n) is 7.38. The maximum atomic E-state index is 13.2.